The minimum Gasteiger partial charge on any atom is -0.493 e. The Kier molecular flexibility index (Phi) is 3.90. The third kappa shape index (κ3) is 2.96. The maximum absolute atomic E-state index is 13.4. The molecule has 6 heteroatoms. The first kappa shape index (κ1) is 13.6. The molecule has 0 fully saturated rings. The van der Waals surface area contributed by atoms with Gasteiger partial charge < -0.3 is 15.2 Å². The van der Waals surface area contributed by atoms with E-state index in [-0.39, 0.29) is 16.1 Å². The van der Waals surface area contributed by atoms with Crippen LogP contribution in [0, 0.1) is 12.7 Å². The quantitative estimate of drug-likeness (QED) is 0.934. The molecule has 0 radical (unpaired) electrons. The lowest BCUT2D eigenvalue weighted by Gasteiger charge is -2.12. The Labute approximate surface area is 118 Å². The molecule has 19 heavy (non-hydrogen) atoms. The normalized spacial score (nSPS) is 10.3. The standard InChI is InChI=1S/C13H12BrFN2O2/c1-7-3-10(16)13(17-6-7)19-12-4-8(14)9(15)5-11(12)18-2/h3-6H,16H2,1-2H3. The first-order chi connectivity index (χ1) is 9.01. The molecule has 4 nitrogen and oxygen atoms in total. The summed E-state index contributed by atoms with van der Waals surface area (Å²) in [5.74, 6) is 0.415. The van der Waals surface area contributed by atoms with Gasteiger partial charge in [0.15, 0.2) is 11.5 Å². The molecule has 0 atom stereocenters. The molecule has 0 saturated heterocycles. The molecule has 0 bridgehead atoms. The molecule has 0 aliphatic carbocycles. The van der Waals surface area contributed by atoms with Crippen molar-refractivity contribution in [1.29, 1.82) is 0 Å². The van der Waals surface area contributed by atoms with Gasteiger partial charge >= 0.3 is 0 Å². The molecule has 100 valence electrons. The van der Waals surface area contributed by atoms with Crippen LogP contribution < -0.4 is 15.2 Å². The molecule has 2 aromatic rings. The average Bonchev–Trinajstić information content (AvgIpc) is 2.36. The predicted molar refractivity (Wildman–Crippen MR) is 74.1 cm³/mol. The van der Waals surface area contributed by atoms with Crippen LogP contribution in [0.2, 0.25) is 0 Å². The zero-order valence-electron chi connectivity index (χ0n) is 10.4. The van der Waals surface area contributed by atoms with Crippen molar-refractivity contribution < 1.29 is 13.9 Å². The average molecular weight is 327 g/mol. The van der Waals surface area contributed by atoms with Crippen molar-refractivity contribution in [2.45, 2.75) is 6.92 Å². The number of halogens is 2. The van der Waals surface area contributed by atoms with Gasteiger partial charge in [-0.2, -0.15) is 0 Å². The summed E-state index contributed by atoms with van der Waals surface area (Å²) < 4.78 is 24.3. The Morgan fingerprint density at radius 2 is 2.00 bits per heavy atom. The SMILES string of the molecule is COc1cc(F)c(Br)cc1Oc1ncc(C)cc1N. The van der Waals surface area contributed by atoms with Crippen LogP contribution >= 0.6 is 15.9 Å². The number of nitrogens with zero attached hydrogens (tertiary/aromatic N) is 1. The van der Waals surface area contributed by atoms with Crippen LogP contribution in [0.25, 0.3) is 0 Å². The molecular formula is C13H12BrFN2O2. The molecule has 2 rings (SSSR count). The second-order valence-electron chi connectivity index (χ2n) is 3.93. The van der Waals surface area contributed by atoms with Crippen LogP contribution in [0.15, 0.2) is 28.9 Å². The fraction of sp³-hybridized carbons (Fsp3) is 0.154. The zero-order valence-corrected chi connectivity index (χ0v) is 12.0. The maximum Gasteiger partial charge on any atom is 0.242 e. The number of methoxy groups -OCH3 is 1. The molecule has 0 aliphatic rings. The van der Waals surface area contributed by atoms with Crippen LogP contribution in [0.4, 0.5) is 10.1 Å². The third-order valence-corrected chi connectivity index (χ3v) is 3.04. The lowest BCUT2D eigenvalue weighted by molar-refractivity contribution is 0.371. The van der Waals surface area contributed by atoms with Gasteiger partial charge in [-0.05, 0) is 34.5 Å². The first-order valence-electron chi connectivity index (χ1n) is 5.44. The molecule has 0 amide bonds. The van der Waals surface area contributed by atoms with Crippen molar-refractivity contribution in [3.8, 4) is 17.4 Å². The molecule has 1 aromatic heterocycles. The van der Waals surface area contributed by atoms with Gasteiger partial charge in [-0.1, -0.05) is 0 Å². The van der Waals surface area contributed by atoms with Gasteiger partial charge in [0.2, 0.25) is 5.88 Å². The number of aromatic nitrogens is 1. The molecule has 0 aliphatic heterocycles. The molecular weight excluding hydrogens is 315 g/mol. The highest BCUT2D eigenvalue weighted by Crippen LogP contribution is 2.36. The van der Waals surface area contributed by atoms with Crippen molar-refractivity contribution in [3.05, 3.63) is 40.2 Å². The molecule has 0 spiro atoms. The number of rotatable bonds is 3. The minimum atomic E-state index is -0.436. The second-order valence-corrected chi connectivity index (χ2v) is 4.78. The highest BCUT2D eigenvalue weighted by Gasteiger charge is 2.13. The van der Waals surface area contributed by atoms with Crippen molar-refractivity contribution in [2.24, 2.45) is 0 Å². The number of nitrogen functional groups attached to an aromatic ring is 1. The Morgan fingerprint density at radius 1 is 1.26 bits per heavy atom. The van der Waals surface area contributed by atoms with Crippen LogP contribution in [0.5, 0.6) is 17.4 Å². The maximum atomic E-state index is 13.4. The van der Waals surface area contributed by atoms with E-state index in [0.29, 0.717) is 11.4 Å². The van der Waals surface area contributed by atoms with Crippen molar-refractivity contribution in [2.75, 3.05) is 12.8 Å². The fourth-order valence-corrected chi connectivity index (χ4v) is 1.84. The van der Waals surface area contributed by atoms with Crippen LogP contribution in [0.1, 0.15) is 5.56 Å². The van der Waals surface area contributed by atoms with Gasteiger partial charge in [0, 0.05) is 18.3 Å². The number of anilines is 1. The van der Waals surface area contributed by atoms with Crippen molar-refractivity contribution in [3.63, 3.8) is 0 Å². The number of benzene rings is 1. The Bertz CT molecular complexity index is 620. The predicted octanol–water partition coefficient (Wildman–Crippen LogP) is 3.67. The van der Waals surface area contributed by atoms with E-state index in [4.69, 9.17) is 15.2 Å². The number of nitrogens with two attached hydrogens (primary N) is 1. The summed E-state index contributed by atoms with van der Waals surface area (Å²) in [5.41, 5.74) is 7.15. The van der Waals surface area contributed by atoms with E-state index in [2.05, 4.69) is 20.9 Å². The number of aryl methyl sites for hydroxylation is 1. The Morgan fingerprint density at radius 3 is 2.63 bits per heavy atom. The summed E-state index contributed by atoms with van der Waals surface area (Å²) in [7, 11) is 1.43. The topological polar surface area (TPSA) is 57.4 Å². The Hall–Kier alpha value is -1.82. The van der Waals surface area contributed by atoms with Gasteiger partial charge in [0.1, 0.15) is 5.82 Å². The highest BCUT2D eigenvalue weighted by atomic mass is 79.9. The summed E-state index contributed by atoms with van der Waals surface area (Å²) in [6.45, 7) is 1.88. The zero-order chi connectivity index (χ0) is 14.0. The second kappa shape index (κ2) is 5.44. The van der Waals surface area contributed by atoms with Crippen LogP contribution in [0.3, 0.4) is 0 Å². The van der Waals surface area contributed by atoms with E-state index < -0.39 is 5.82 Å². The van der Waals surface area contributed by atoms with Gasteiger partial charge in [-0.15, -0.1) is 0 Å². The number of hydrogen-bond donors (Lipinski definition) is 1. The van der Waals surface area contributed by atoms with E-state index in [1.54, 1.807) is 12.3 Å². The molecule has 1 heterocycles. The summed E-state index contributed by atoms with van der Waals surface area (Å²) in [6.07, 6.45) is 1.64. The molecule has 0 unspecified atom stereocenters. The van der Waals surface area contributed by atoms with Crippen molar-refractivity contribution >= 4 is 21.6 Å². The lowest BCUT2D eigenvalue weighted by atomic mass is 10.3. The fourth-order valence-electron chi connectivity index (χ4n) is 1.52. The van der Waals surface area contributed by atoms with Gasteiger partial charge in [0.25, 0.3) is 0 Å². The number of hydrogen-bond acceptors (Lipinski definition) is 4. The van der Waals surface area contributed by atoms with Gasteiger partial charge in [-0.3, -0.25) is 0 Å². The van der Waals surface area contributed by atoms with E-state index in [0.717, 1.165) is 5.56 Å². The summed E-state index contributed by atoms with van der Waals surface area (Å²) >= 11 is 3.09. The lowest BCUT2D eigenvalue weighted by Crippen LogP contribution is -1.98. The summed E-state index contributed by atoms with van der Waals surface area (Å²) in [4.78, 5) is 4.09. The monoisotopic (exact) mass is 326 g/mol. The number of pyridine rings is 1. The van der Waals surface area contributed by atoms with E-state index in [1.807, 2.05) is 6.92 Å². The van der Waals surface area contributed by atoms with Crippen LogP contribution in [-0.2, 0) is 0 Å². The van der Waals surface area contributed by atoms with E-state index in [1.165, 1.54) is 19.2 Å². The van der Waals surface area contributed by atoms with Crippen LogP contribution in [-0.4, -0.2) is 12.1 Å². The molecule has 1 aromatic carbocycles. The van der Waals surface area contributed by atoms with Gasteiger partial charge in [0.05, 0.1) is 17.3 Å². The Balaban J connectivity index is 2.40. The molecule has 2 N–H and O–H groups in total. The molecule has 0 saturated carbocycles. The van der Waals surface area contributed by atoms with E-state index in [9.17, 15) is 4.39 Å². The summed E-state index contributed by atoms with van der Waals surface area (Å²) in [6, 6.07) is 4.44. The third-order valence-electron chi connectivity index (χ3n) is 2.43. The number of ether oxygens (including phenoxy) is 2. The summed E-state index contributed by atoms with van der Waals surface area (Å²) in [5, 5.41) is 0. The van der Waals surface area contributed by atoms with E-state index >= 15 is 0 Å². The largest absolute Gasteiger partial charge is 0.493 e. The minimum absolute atomic E-state index is 0.252. The highest BCUT2D eigenvalue weighted by molar-refractivity contribution is 9.10. The van der Waals surface area contributed by atoms with Crippen molar-refractivity contribution in [1.82, 2.24) is 4.98 Å². The smallest absolute Gasteiger partial charge is 0.242 e. The van der Waals surface area contributed by atoms with Gasteiger partial charge in [-0.25, -0.2) is 9.37 Å². The first-order valence-corrected chi connectivity index (χ1v) is 6.23.